The molecule has 2 aromatic rings. The maximum atomic E-state index is 12.8. The van der Waals surface area contributed by atoms with E-state index in [2.05, 4.69) is 12.2 Å². The summed E-state index contributed by atoms with van der Waals surface area (Å²) in [5, 5.41) is 2.76. The van der Waals surface area contributed by atoms with Crippen LogP contribution in [-0.4, -0.2) is 11.7 Å². The summed E-state index contributed by atoms with van der Waals surface area (Å²) in [6.45, 7) is 2.06. The molecular formula is C18H18FNO2. The van der Waals surface area contributed by atoms with Gasteiger partial charge in [-0.05, 0) is 48.4 Å². The lowest BCUT2D eigenvalue weighted by Gasteiger charge is -2.06. The first-order valence-electron chi connectivity index (χ1n) is 7.26. The number of hydrogen-bond acceptors (Lipinski definition) is 2. The molecule has 0 radical (unpaired) electrons. The van der Waals surface area contributed by atoms with E-state index in [-0.39, 0.29) is 30.3 Å². The van der Waals surface area contributed by atoms with Crippen LogP contribution < -0.4 is 5.32 Å². The number of carbonyl (C=O) groups excluding carboxylic acids is 2. The highest BCUT2D eigenvalue weighted by atomic mass is 19.1. The van der Waals surface area contributed by atoms with Gasteiger partial charge in [-0.25, -0.2) is 4.39 Å². The third-order valence-electron chi connectivity index (χ3n) is 3.39. The number of amides is 1. The summed E-state index contributed by atoms with van der Waals surface area (Å²) in [7, 11) is 0. The fourth-order valence-corrected chi connectivity index (χ4v) is 2.05. The van der Waals surface area contributed by atoms with E-state index in [1.807, 2.05) is 24.3 Å². The maximum absolute atomic E-state index is 12.8. The number of ketones is 1. The molecule has 2 aromatic carbocycles. The zero-order valence-corrected chi connectivity index (χ0v) is 12.4. The van der Waals surface area contributed by atoms with E-state index in [9.17, 15) is 14.0 Å². The number of anilines is 1. The molecule has 0 spiro atoms. The lowest BCUT2D eigenvalue weighted by Crippen LogP contribution is -2.13. The van der Waals surface area contributed by atoms with Crippen LogP contribution in [0.3, 0.4) is 0 Å². The van der Waals surface area contributed by atoms with Gasteiger partial charge in [0.15, 0.2) is 5.78 Å². The number of carbonyl (C=O) groups is 2. The van der Waals surface area contributed by atoms with Gasteiger partial charge in [-0.15, -0.1) is 0 Å². The molecule has 0 saturated carbocycles. The number of halogens is 1. The topological polar surface area (TPSA) is 46.2 Å². The third-order valence-corrected chi connectivity index (χ3v) is 3.39. The number of benzene rings is 2. The fraction of sp³-hybridized carbons (Fsp3) is 0.222. The largest absolute Gasteiger partial charge is 0.326 e. The first-order chi connectivity index (χ1) is 10.6. The van der Waals surface area contributed by atoms with Gasteiger partial charge in [0.05, 0.1) is 0 Å². The SMILES string of the molecule is CCc1ccc(NC(=O)CCC(=O)c2ccc(F)cc2)cc1. The molecule has 0 bridgehead atoms. The molecule has 0 aliphatic rings. The van der Waals surface area contributed by atoms with Gasteiger partial charge < -0.3 is 5.32 Å². The zero-order valence-electron chi connectivity index (χ0n) is 12.4. The normalized spacial score (nSPS) is 10.3. The fourth-order valence-electron chi connectivity index (χ4n) is 2.05. The number of nitrogens with one attached hydrogen (secondary N) is 1. The van der Waals surface area contributed by atoms with Gasteiger partial charge in [0, 0.05) is 24.1 Å². The molecule has 0 unspecified atom stereocenters. The summed E-state index contributed by atoms with van der Waals surface area (Å²) in [5.41, 5.74) is 2.34. The molecular weight excluding hydrogens is 281 g/mol. The van der Waals surface area contributed by atoms with Crippen molar-refractivity contribution in [2.45, 2.75) is 26.2 Å². The Hall–Kier alpha value is -2.49. The number of aryl methyl sites for hydroxylation is 1. The monoisotopic (exact) mass is 299 g/mol. The Labute approximate surface area is 129 Å². The van der Waals surface area contributed by atoms with Crippen LogP contribution in [0.5, 0.6) is 0 Å². The zero-order chi connectivity index (χ0) is 15.9. The minimum Gasteiger partial charge on any atom is -0.326 e. The summed E-state index contributed by atoms with van der Waals surface area (Å²) in [4.78, 5) is 23.7. The van der Waals surface area contributed by atoms with E-state index in [1.165, 1.54) is 29.8 Å². The predicted octanol–water partition coefficient (Wildman–Crippen LogP) is 3.99. The van der Waals surface area contributed by atoms with Gasteiger partial charge in [0.2, 0.25) is 5.91 Å². The minimum atomic E-state index is -0.384. The average Bonchev–Trinajstić information content (AvgIpc) is 2.54. The molecule has 114 valence electrons. The van der Waals surface area contributed by atoms with Crippen molar-refractivity contribution >= 4 is 17.4 Å². The molecule has 3 nitrogen and oxygen atoms in total. The smallest absolute Gasteiger partial charge is 0.224 e. The number of hydrogen-bond donors (Lipinski definition) is 1. The molecule has 2 rings (SSSR count). The van der Waals surface area contributed by atoms with E-state index in [0.29, 0.717) is 5.56 Å². The van der Waals surface area contributed by atoms with Gasteiger partial charge in [0.1, 0.15) is 5.82 Å². The predicted molar refractivity (Wildman–Crippen MR) is 84.4 cm³/mol. The Morgan fingerprint density at radius 1 is 0.955 bits per heavy atom. The summed E-state index contributed by atoms with van der Waals surface area (Å²) in [5.74, 6) is -0.763. The molecule has 0 aliphatic heterocycles. The standard InChI is InChI=1S/C18H18FNO2/c1-2-13-3-9-16(10-4-13)20-18(22)12-11-17(21)14-5-7-15(19)8-6-14/h3-10H,2,11-12H2,1H3,(H,20,22). The Kier molecular flexibility index (Phi) is 5.42. The van der Waals surface area contributed by atoms with Crippen LogP contribution >= 0.6 is 0 Å². The molecule has 1 amide bonds. The molecule has 1 N–H and O–H groups in total. The lowest BCUT2D eigenvalue weighted by atomic mass is 10.1. The molecule has 0 saturated heterocycles. The Morgan fingerprint density at radius 3 is 2.18 bits per heavy atom. The van der Waals surface area contributed by atoms with Crippen molar-refractivity contribution in [3.63, 3.8) is 0 Å². The highest BCUT2D eigenvalue weighted by molar-refractivity contribution is 5.99. The Balaban J connectivity index is 1.84. The van der Waals surface area contributed by atoms with E-state index < -0.39 is 0 Å². The summed E-state index contributed by atoms with van der Waals surface area (Å²) in [6.07, 6.45) is 1.15. The second-order valence-electron chi connectivity index (χ2n) is 5.03. The molecule has 4 heteroatoms. The van der Waals surface area contributed by atoms with Gasteiger partial charge in [-0.2, -0.15) is 0 Å². The highest BCUT2D eigenvalue weighted by Crippen LogP contribution is 2.12. The molecule has 0 heterocycles. The van der Waals surface area contributed by atoms with Crippen LogP contribution in [0.4, 0.5) is 10.1 Å². The van der Waals surface area contributed by atoms with E-state index in [4.69, 9.17) is 0 Å². The van der Waals surface area contributed by atoms with Gasteiger partial charge in [-0.3, -0.25) is 9.59 Å². The summed E-state index contributed by atoms with van der Waals surface area (Å²) in [6, 6.07) is 12.9. The highest BCUT2D eigenvalue weighted by Gasteiger charge is 2.09. The Bertz CT molecular complexity index is 648. The van der Waals surface area contributed by atoms with Crippen LogP contribution in [-0.2, 0) is 11.2 Å². The Morgan fingerprint density at radius 2 is 1.59 bits per heavy atom. The van der Waals surface area contributed by atoms with E-state index in [0.717, 1.165) is 12.1 Å². The molecule has 0 atom stereocenters. The molecule has 0 fully saturated rings. The summed E-state index contributed by atoms with van der Waals surface area (Å²) >= 11 is 0. The maximum Gasteiger partial charge on any atom is 0.224 e. The van der Waals surface area contributed by atoms with Crippen molar-refractivity contribution in [2.24, 2.45) is 0 Å². The minimum absolute atomic E-state index is 0.102. The van der Waals surface area contributed by atoms with Crippen LogP contribution in [0, 0.1) is 5.82 Å². The van der Waals surface area contributed by atoms with Crippen molar-refractivity contribution < 1.29 is 14.0 Å². The first kappa shape index (κ1) is 15.9. The van der Waals surface area contributed by atoms with Gasteiger partial charge in [0.25, 0.3) is 0 Å². The van der Waals surface area contributed by atoms with E-state index >= 15 is 0 Å². The van der Waals surface area contributed by atoms with Crippen molar-refractivity contribution in [3.8, 4) is 0 Å². The second-order valence-corrected chi connectivity index (χ2v) is 5.03. The van der Waals surface area contributed by atoms with Gasteiger partial charge >= 0.3 is 0 Å². The number of rotatable bonds is 6. The van der Waals surface area contributed by atoms with Crippen molar-refractivity contribution in [1.82, 2.24) is 0 Å². The van der Waals surface area contributed by atoms with Crippen molar-refractivity contribution in [1.29, 1.82) is 0 Å². The van der Waals surface area contributed by atoms with Crippen LogP contribution in [0.2, 0.25) is 0 Å². The van der Waals surface area contributed by atoms with Crippen molar-refractivity contribution in [3.05, 3.63) is 65.5 Å². The third kappa shape index (κ3) is 4.52. The first-order valence-corrected chi connectivity index (χ1v) is 7.26. The quantitative estimate of drug-likeness (QED) is 0.820. The molecule has 22 heavy (non-hydrogen) atoms. The lowest BCUT2D eigenvalue weighted by molar-refractivity contribution is -0.116. The average molecular weight is 299 g/mol. The van der Waals surface area contributed by atoms with Crippen LogP contribution in [0.15, 0.2) is 48.5 Å². The van der Waals surface area contributed by atoms with Crippen molar-refractivity contribution in [2.75, 3.05) is 5.32 Å². The summed E-state index contributed by atoms with van der Waals surface area (Å²) < 4.78 is 12.8. The van der Waals surface area contributed by atoms with Crippen LogP contribution in [0.1, 0.15) is 35.7 Å². The van der Waals surface area contributed by atoms with E-state index in [1.54, 1.807) is 0 Å². The van der Waals surface area contributed by atoms with Crippen LogP contribution in [0.25, 0.3) is 0 Å². The number of Topliss-reactive ketones (excluding diaryl/α,β-unsaturated/α-hetero) is 1. The second kappa shape index (κ2) is 7.50. The molecule has 0 aromatic heterocycles. The molecule has 0 aliphatic carbocycles. The van der Waals surface area contributed by atoms with Gasteiger partial charge in [-0.1, -0.05) is 19.1 Å².